The summed E-state index contributed by atoms with van der Waals surface area (Å²) >= 11 is 0. The van der Waals surface area contributed by atoms with E-state index in [2.05, 4.69) is 56.1 Å². The molecule has 0 fully saturated rings. The molecular weight excluding hydrogens is 434 g/mol. The van der Waals surface area contributed by atoms with Crippen LogP contribution < -0.4 is 9.32 Å². The van der Waals surface area contributed by atoms with Crippen LogP contribution in [0, 0.1) is 0 Å². The van der Waals surface area contributed by atoms with Gasteiger partial charge in [0.05, 0.1) is 5.60 Å². The van der Waals surface area contributed by atoms with E-state index in [4.69, 9.17) is 5.14 Å². The first-order chi connectivity index (χ1) is 15.4. The van der Waals surface area contributed by atoms with Gasteiger partial charge in [0.15, 0.2) is 0 Å². The average molecular weight is 476 g/mol. The first kappa shape index (κ1) is 27.4. The summed E-state index contributed by atoms with van der Waals surface area (Å²) in [6.45, 7) is 8.80. The molecule has 0 amide bonds. The molecule has 5 nitrogen and oxygen atoms in total. The molecule has 1 unspecified atom stereocenters. The Morgan fingerprint density at radius 2 is 1.36 bits per heavy atom. The topological polar surface area (TPSA) is 89.6 Å². The maximum atomic E-state index is 11.6. The largest absolute Gasteiger partial charge is 0.385 e. The molecule has 2 aromatic carbocycles. The molecule has 6 heteroatoms. The van der Waals surface area contributed by atoms with Crippen molar-refractivity contribution in [1.29, 1.82) is 0 Å². The molecule has 2 rings (SSSR count). The zero-order valence-electron chi connectivity index (χ0n) is 20.6. The van der Waals surface area contributed by atoms with Crippen LogP contribution >= 0.6 is 0 Å². The van der Waals surface area contributed by atoms with Crippen molar-refractivity contribution in [2.24, 2.45) is 5.14 Å². The van der Waals surface area contributed by atoms with Gasteiger partial charge in [0.1, 0.15) is 5.75 Å². The Balaban J connectivity index is 1.98. The third-order valence-corrected chi connectivity index (χ3v) is 6.60. The molecule has 0 aliphatic heterocycles. The zero-order valence-corrected chi connectivity index (χ0v) is 21.5. The van der Waals surface area contributed by atoms with Crippen molar-refractivity contribution in [2.45, 2.75) is 96.5 Å². The van der Waals surface area contributed by atoms with E-state index in [1.165, 1.54) is 18.4 Å². The zero-order chi connectivity index (χ0) is 24.5. The van der Waals surface area contributed by atoms with Gasteiger partial charge >= 0.3 is 10.3 Å². The van der Waals surface area contributed by atoms with Crippen molar-refractivity contribution in [3.05, 3.63) is 65.2 Å². The minimum Gasteiger partial charge on any atom is -0.385 e. The van der Waals surface area contributed by atoms with Crippen LogP contribution in [-0.2, 0) is 27.7 Å². The highest BCUT2D eigenvalue weighted by molar-refractivity contribution is 7.84. The maximum absolute atomic E-state index is 11.6. The van der Waals surface area contributed by atoms with Gasteiger partial charge in [0.2, 0.25) is 0 Å². The Morgan fingerprint density at radius 3 is 1.88 bits per heavy atom. The summed E-state index contributed by atoms with van der Waals surface area (Å²) in [5.41, 5.74) is 2.66. The van der Waals surface area contributed by atoms with Crippen LogP contribution in [0.2, 0.25) is 0 Å². The molecule has 0 radical (unpaired) electrons. The number of benzene rings is 2. The number of hydrogen-bond acceptors (Lipinski definition) is 4. The van der Waals surface area contributed by atoms with E-state index >= 15 is 0 Å². The van der Waals surface area contributed by atoms with Crippen LogP contribution in [-0.4, -0.2) is 13.5 Å². The van der Waals surface area contributed by atoms with Crippen LogP contribution in [0.15, 0.2) is 48.5 Å². The normalized spacial score (nSPS) is 14.1. The molecule has 184 valence electrons. The second kappa shape index (κ2) is 12.0. The van der Waals surface area contributed by atoms with Crippen LogP contribution in [0.25, 0.3) is 0 Å². The lowest BCUT2D eigenvalue weighted by molar-refractivity contribution is 0.0134. The van der Waals surface area contributed by atoms with Crippen molar-refractivity contribution in [1.82, 2.24) is 0 Å². The Hall–Kier alpha value is -1.89. The first-order valence-electron chi connectivity index (χ1n) is 12.1. The van der Waals surface area contributed by atoms with Crippen molar-refractivity contribution in [2.75, 3.05) is 0 Å². The second-order valence-electron chi connectivity index (χ2n) is 10.1. The van der Waals surface area contributed by atoms with E-state index in [9.17, 15) is 13.5 Å². The first-order valence-corrected chi connectivity index (χ1v) is 13.5. The summed E-state index contributed by atoms with van der Waals surface area (Å²) in [5, 5.41) is 16.5. The molecule has 3 N–H and O–H groups in total. The predicted octanol–water partition coefficient (Wildman–Crippen LogP) is 6.14. The van der Waals surface area contributed by atoms with Gasteiger partial charge in [-0.3, -0.25) is 0 Å². The highest BCUT2D eigenvalue weighted by atomic mass is 32.2. The summed E-state index contributed by atoms with van der Waals surface area (Å²) in [5.74, 6) is 0.210. The number of hydrogen-bond donors (Lipinski definition) is 2. The van der Waals surface area contributed by atoms with Crippen molar-refractivity contribution in [3.8, 4) is 5.75 Å². The monoisotopic (exact) mass is 475 g/mol. The molecule has 33 heavy (non-hydrogen) atoms. The summed E-state index contributed by atoms with van der Waals surface area (Å²) in [6, 6.07) is 15.4. The summed E-state index contributed by atoms with van der Waals surface area (Å²) < 4.78 is 26.7. The molecule has 0 saturated heterocycles. The summed E-state index contributed by atoms with van der Waals surface area (Å²) in [7, 11) is -4.00. The van der Waals surface area contributed by atoms with Gasteiger partial charge in [-0.1, -0.05) is 89.8 Å². The van der Waals surface area contributed by atoms with Crippen LogP contribution in [0.5, 0.6) is 5.75 Å². The van der Waals surface area contributed by atoms with E-state index in [1.807, 2.05) is 12.1 Å². The highest BCUT2D eigenvalue weighted by Gasteiger charge is 2.28. The predicted molar refractivity (Wildman–Crippen MR) is 136 cm³/mol. The van der Waals surface area contributed by atoms with Crippen molar-refractivity contribution in [3.63, 3.8) is 0 Å². The molecule has 0 aliphatic carbocycles. The molecular formula is C27H41NO4S. The number of unbranched alkanes of at least 4 members (excludes halogenated alkanes) is 4. The molecule has 1 atom stereocenters. The lowest BCUT2D eigenvalue weighted by Crippen LogP contribution is -2.26. The Labute approximate surface area is 200 Å². The quantitative estimate of drug-likeness (QED) is 0.341. The maximum Gasteiger partial charge on any atom is 0.380 e. The fourth-order valence-electron chi connectivity index (χ4n) is 4.13. The molecule has 0 spiro atoms. The van der Waals surface area contributed by atoms with Gasteiger partial charge in [-0.2, -0.15) is 13.6 Å². The van der Waals surface area contributed by atoms with E-state index in [0.717, 1.165) is 56.1 Å². The smallest absolute Gasteiger partial charge is 0.380 e. The Morgan fingerprint density at radius 1 is 0.818 bits per heavy atom. The van der Waals surface area contributed by atoms with Crippen LogP contribution in [0.4, 0.5) is 0 Å². The standard InChI is InChI=1S/C27H41NO4S/c1-5-6-7-9-20-27(29,24-16-14-23(15-17-24)26(2,3)4)21-10-8-11-22-12-18-25(19-13-22)32-33(28,30)31/h12-19,29H,5-11,20-21H2,1-4H3,(H2,28,30,31). The average Bonchev–Trinajstić information content (AvgIpc) is 2.74. The van der Waals surface area contributed by atoms with Gasteiger partial charge in [0, 0.05) is 0 Å². The van der Waals surface area contributed by atoms with E-state index < -0.39 is 15.9 Å². The lowest BCUT2D eigenvalue weighted by atomic mass is 9.81. The van der Waals surface area contributed by atoms with Crippen LogP contribution in [0.3, 0.4) is 0 Å². The number of aliphatic hydroxyl groups is 1. The lowest BCUT2D eigenvalue weighted by Gasteiger charge is -2.30. The van der Waals surface area contributed by atoms with Gasteiger partial charge in [-0.05, 0) is 66.3 Å². The van der Waals surface area contributed by atoms with Gasteiger partial charge < -0.3 is 9.29 Å². The fraction of sp³-hybridized carbons (Fsp3) is 0.556. The van der Waals surface area contributed by atoms with Crippen LogP contribution in [0.1, 0.15) is 95.8 Å². The minimum atomic E-state index is -4.00. The molecule has 0 heterocycles. The van der Waals surface area contributed by atoms with E-state index in [0.29, 0.717) is 0 Å². The Kier molecular flexibility index (Phi) is 9.95. The SMILES string of the molecule is CCCCCCC(O)(CCCCc1ccc(OS(N)(=O)=O)cc1)c1ccc(C(C)(C)C)cc1. The Bertz CT molecular complexity index is 947. The van der Waals surface area contributed by atoms with Gasteiger partial charge in [-0.25, -0.2) is 0 Å². The fourth-order valence-corrected chi connectivity index (χ4v) is 4.51. The second-order valence-corrected chi connectivity index (χ2v) is 11.2. The highest BCUT2D eigenvalue weighted by Crippen LogP contribution is 2.34. The summed E-state index contributed by atoms with van der Waals surface area (Å²) in [6.07, 6.45) is 8.74. The van der Waals surface area contributed by atoms with E-state index in [1.54, 1.807) is 12.1 Å². The molecule has 2 aromatic rings. The van der Waals surface area contributed by atoms with Gasteiger partial charge in [-0.15, -0.1) is 0 Å². The molecule has 0 bridgehead atoms. The van der Waals surface area contributed by atoms with Crippen molar-refractivity contribution < 1.29 is 17.7 Å². The number of aryl methyl sites for hydroxylation is 1. The minimum absolute atomic E-state index is 0.0900. The van der Waals surface area contributed by atoms with E-state index in [-0.39, 0.29) is 11.2 Å². The number of rotatable bonds is 13. The van der Waals surface area contributed by atoms with Gasteiger partial charge in [0.25, 0.3) is 0 Å². The van der Waals surface area contributed by atoms with Crippen molar-refractivity contribution >= 4 is 10.3 Å². The molecule has 0 aliphatic rings. The summed E-state index contributed by atoms with van der Waals surface area (Å²) in [4.78, 5) is 0. The third-order valence-electron chi connectivity index (χ3n) is 6.17. The third kappa shape index (κ3) is 9.48. The molecule has 0 aromatic heterocycles. The number of nitrogens with two attached hydrogens (primary N) is 1. The molecule has 0 saturated carbocycles.